The number of aromatic nitrogens is 3. The lowest BCUT2D eigenvalue weighted by atomic mass is 10.3. The Balaban J connectivity index is 0.00000200. The first-order valence-electron chi connectivity index (χ1n) is 6.09. The first kappa shape index (κ1) is 19.2. The Labute approximate surface area is 136 Å². The molecule has 0 bridgehead atoms. The second-order valence-corrected chi connectivity index (χ2v) is 4.31. The molecule has 2 aromatic rings. The monoisotopic (exact) mass is 331 g/mol. The van der Waals surface area contributed by atoms with Crippen molar-refractivity contribution in [3.63, 3.8) is 0 Å². The predicted molar refractivity (Wildman–Crippen MR) is 87.0 cm³/mol. The normalized spacial score (nSPS) is 10.8. The van der Waals surface area contributed by atoms with Crippen LogP contribution in [0.2, 0.25) is 0 Å². The highest BCUT2D eigenvalue weighted by Crippen LogP contribution is 2.07. The lowest BCUT2D eigenvalue weighted by molar-refractivity contribution is -0.120. The number of hydrogen-bond donors (Lipinski definition) is 2. The zero-order valence-corrected chi connectivity index (χ0v) is 13.4. The lowest BCUT2D eigenvalue weighted by Gasteiger charge is -2.13. The zero-order chi connectivity index (χ0) is 13.7. The van der Waals surface area contributed by atoms with Crippen molar-refractivity contribution >= 4 is 36.4 Å². The van der Waals surface area contributed by atoms with Gasteiger partial charge in [-0.15, -0.1) is 35.0 Å². The average molecular weight is 332 g/mol. The summed E-state index contributed by atoms with van der Waals surface area (Å²) in [4.78, 5) is 11.8. The molecular weight excluding hydrogens is 313 g/mol. The number of halogens is 2. The van der Waals surface area contributed by atoms with Gasteiger partial charge < -0.3 is 15.2 Å². The average Bonchev–Trinajstić information content (AvgIpc) is 2.84. The SMILES string of the molecule is CC(NC(=O)CNc1ccccc1)c1nncn1C.Cl.Cl. The van der Waals surface area contributed by atoms with E-state index >= 15 is 0 Å². The minimum Gasteiger partial charge on any atom is -0.376 e. The van der Waals surface area contributed by atoms with Gasteiger partial charge in [-0.1, -0.05) is 18.2 Å². The van der Waals surface area contributed by atoms with Gasteiger partial charge in [0.1, 0.15) is 6.33 Å². The summed E-state index contributed by atoms with van der Waals surface area (Å²) in [5.41, 5.74) is 0.920. The molecule has 6 nitrogen and oxygen atoms in total. The highest BCUT2D eigenvalue weighted by Gasteiger charge is 2.13. The van der Waals surface area contributed by atoms with Crippen LogP contribution in [-0.2, 0) is 11.8 Å². The van der Waals surface area contributed by atoms with E-state index in [1.165, 1.54) is 0 Å². The number of amides is 1. The van der Waals surface area contributed by atoms with Crippen LogP contribution in [0.15, 0.2) is 36.7 Å². The molecule has 8 heteroatoms. The Morgan fingerprint density at radius 3 is 2.52 bits per heavy atom. The van der Waals surface area contributed by atoms with E-state index in [4.69, 9.17) is 0 Å². The smallest absolute Gasteiger partial charge is 0.239 e. The van der Waals surface area contributed by atoms with Crippen molar-refractivity contribution in [3.05, 3.63) is 42.5 Å². The summed E-state index contributed by atoms with van der Waals surface area (Å²) in [6.45, 7) is 2.11. The summed E-state index contributed by atoms with van der Waals surface area (Å²) < 4.78 is 1.79. The number of nitrogens with one attached hydrogen (secondary N) is 2. The second-order valence-electron chi connectivity index (χ2n) is 4.31. The Morgan fingerprint density at radius 1 is 1.29 bits per heavy atom. The summed E-state index contributed by atoms with van der Waals surface area (Å²) in [6, 6.07) is 9.43. The molecule has 1 amide bonds. The molecule has 21 heavy (non-hydrogen) atoms. The van der Waals surface area contributed by atoms with E-state index in [1.54, 1.807) is 10.9 Å². The molecule has 2 rings (SSSR count). The van der Waals surface area contributed by atoms with Crippen molar-refractivity contribution in [1.82, 2.24) is 20.1 Å². The van der Waals surface area contributed by atoms with Crippen molar-refractivity contribution in [2.24, 2.45) is 7.05 Å². The molecule has 1 aromatic carbocycles. The molecule has 0 aliphatic carbocycles. The summed E-state index contributed by atoms with van der Waals surface area (Å²) in [7, 11) is 1.85. The summed E-state index contributed by atoms with van der Waals surface area (Å²) in [5.74, 6) is 0.646. The van der Waals surface area contributed by atoms with Gasteiger partial charge in [0.25, 0.3) is 0 Å². The van der Waals surface area contributed by atoms with E-state index in [1.807, 2.05) is 44.3 Å². The quantitative estimate of drug-likeness (QED) is 0.878. The number of carbonyl (C=O) groups is 1. The van der Waals surface area contributed by atoms with Crippen molar-refractivity contribution in [2.45, 2.75) is 13.0 Å². The molecule has 1 atom stereocenters. The summed E-state index contributed by atoms with van der Waals surface area (Å²) in [6.07, 6.45) is 1.61. The van der Waals surface area contributed by atoms with Crippen LogP contribution >= 0.6 is 24.8 Å². The van der Waals surface area contributed by atoms with E-state index < -0.39 is 0 Å². The van der Waals surface area contributed by atoms with E-state index in [9.17, 15) is 4.79 Å². The zero-order valence-electron chi connectivity index (χ0n) is 11.8. The Kier molecular flexibility index (Phi) is 8.42. The largest absolute Gasteiger partial charge is 0.376 e. The van der Waals surface area contributed by atoms with Crippen LogP contribution in [0.1, 0.15) is 18.8 Å². The maximum Gasteiger partial charge on any atom is 0.239 e. The van der Waals surface area contributed by atoms with Crippen molar-refractivity contribution < 1.29 is 4.79 Å². The molecular formula is C13H19Cl2N5O. The first-order chi connectivity index (χ1) is 9.16. The van der Waals surface area contributed by atoms with Crippen LogP contribution in [-0.4, -0.2) is 27.2 Å². The molecule has 0 fully saturated rings. The molecule has 1 heterocycles. The van der Waals surface area contributed by atoms with Gasteiger partial charge in [-0.05, 0) is 19.1 Å². The summed E-state index contributed by atoms with van der Waals surface area (Å²) in [5, 5.41) is 13.7. The van der Waals surface area contributed by atoms with Crippen LogP contribution in [0.3, 0.4) is 0 Å². The molecule has 1 unspecified atom stereocenters. The number of anilines is 1. The number of rotatable bonds is 5. The van der Waals surface area contributed by atoms with Crippen LogP contribution < -0.4 is 10.6 Å². The fraction of sp³-hybridized carbons (Fsp3) is 0.308. The van der Waals surface area contributed by atoms with Gasteiger partial charge in [-0.2, -0.15) is 0 Å². The second kappa shape index (κ2) is 9.20. The Hall–Kier alpha value is -1.79. The summed E-state index contributed by atoms with van der Waals surface area (Å²) >= 11 is 0. The van der Waals surface area contributed by atoms with Gasteiger partial charge >= 0.3 is 0 Å². The van der Waals surface area contributed by atoms with Crippen molar-refractivity contribution in [3.8, 4) is 0 Å². The van der Waals surface area contributed by atoms with Gasteiger partial charge in [0.15, 0.2) is 5.82 Å². The van der Waals surface area contributed by atoms with E-state index in [2.05, 4.69) is 20.8 Å². The third-order valence-electron chi connectivity index (χ3n) is 2.74. The maximum atomic E-state index is 11.8. The third kappa shape index (κ3) is 5.61. The molecule has 0 aliphatic heterocycles. The van der Waals surface area contributed by atoms with Gasteiger partial charge in [-0.25, -0.2) is 0 Å². The molecule has 0 aliphatic rings. The molecule has 0 saturated carbocycles. The Bertz CT molecular complexity index is 547. The topological polar surface area (TPSA) is 71.8 Å². The Morgan fingerprint density at radius 2 is 1.95 bits per heavy atom. The first-order valence-corrected chi connectivity index (χ1v) is 6.09. The maximum absolute atomic E-state index is 11.8. The minimum atomic E-state index is -0.169. The lowest BCUT2D eigenvalue weighted by Crippen LogP contribution is -2.33. The fourth-order valence-corrected chi connectivity index (χ4v) is 1.78. The fourth-order valence-electron chi connectivity index (χ4n) is 1.78. The van der Waals surface area contributed by atoms with Gasteiger partial charge in [-0.3, -0.25) is 4.79 Å². The van der Waals surface area contributed by atoms with Crippen molar-refractivity contribution in [2.75, 3.05) is 11.9 Å². The number of carbonyl (C=O) groups excluding carboxylic acids is 1. The minimum absolute atomic E-state index is 0. The molecule has 2 N–H and O–H groups in total. The van der Waals surface area contributed by atoms with Gasteiger partial charge in [0.05, 0.1) is 12.6 Å². The number of benzene rings is 1. The molecule has 1 aromatic heterocycles. The van der Waals surface area contributed by atoms with Crippen LogP contribution in [0.4, 0.5) is 5.69 Å². The van der Waals surface area contributed by atoms with Gasteiger partial charge in [0.2, 0.25) is 5.91 Å². The van der Waals surface area contributed by atoms with E-state index in [0.717, 1.165) is 11.5 Å². The highest BCUT2D eigenvalue weighted by molar-refractivity contribution is 5.85. The van der Waals surface area contributed by atoms with Crippen molar-refractivity contribution in [1.29, 1.82) is 0 Å². The highest BCUT2D eigenvalue weighted by atomic mass is 35.5. The number of para-hydroxylation sites is 1. The van der Waals surface area contributed by atoms with E-state index in [0.29, 0.717) is 0 Å². The van der Waals surface area contributed by atoms with Gasteiger partial charge in [0, 0.05) is 12.7 Å². The standard InChI is InChI=1S/C13H17N5O.2ClH/c1-10(13-17-15-9-18(13)2)16-12(19)8-14-11-6-4-3-5-7-11;;/h3-7,9-10,14H,8H2,1-2H3,(H,16,19);2*1H. The van der Waals surface area contributed by atoms with Crippen LogP contribution in [0.5, 0.6) is 0 Å². The molecule has 116 valence electrons. The molecule has 0 saturated heterocycles. The predicted octanol–water partition coefficient (Wildman–Crippen LogP) is 1.95. The number of hydrogen-bond acceptors (Lipinski definition) is 4. The molecule has 0 radical (unpaired) electrons. The van der Waals surface area contributed by atoms with E-state index in [-0.39, 0.29) is 43.3 Å². The number of nitrogens with zero attached hydrogens (tertiary/aromatic N) is 3. The number of aryl methyl sites for hydroxylation is 1. The van der Waals surface area contributed by atoms with Crippen LogP contribution in [0.25, 0.3) is 0 Å². The van der Waals surface area contributed by atoms with Crippen LogP contribution in [0, 0.1) is 0 Å². The molecule has 0 spiro atoms. The third-order valence-corrected chi connectivity index (χ3v) is 2.74.